The van der Waals surface area contributed by atoms with E-state index in [2.05, 4.69) is 5.10 Å². The van der Waals surface area contributed by atoms with Crippen molar-refractivity contribution < 1.29 is 0 Å². The Balaban J connectivity index is 2.18. The molecule has 0 radical (unpaired) electrons. The second-order valence-corrected chi connectivity index (χ2v) is 3.20. The molecule has 0 aromatic heterocycles. The summed E-state index contributed by atoms with van der Waals surface area (Å²) in [6, 6.07) is 0. The molecular formula is C7H12N2. The zero-order chi connectivity index (χ0) is 6.27. The third-order valence-electron chi connectivity index (χ3n) is 2.68. The Morgan fingerprint density at radius 2 is 2.33 bits per heavy atom. The summed E-state index contributed by atoms with van der Waals surface area (Å²) < 4.78 is 0. The third kappa shape index (κ3) is 0.655. The lowest BCUT2D eigenvalue weighted by molar-refractivity contribution is 0.591. The van der Waals surface area contributed by atoms with E-state index in [-0.39, 0.29) is 0 Å². The van der Waals surface area contributed by atoms with Gasteiger partial charge in [-0.25, -0.2) is 0 Å². The van der Waals surface area contributed by atoms with Crippen LogP contribution in [0.15, 0.2) is 5.10 Å². The first-order valence-corrected chi connectivity index (χ1v) is 3.67. The van der Waals surface area contributed by atoms with Crippen LogP contribution in [0, 0.1) is 11.8 Å². The van der Waals surface area contributed by atoms with Crippen LogP contribution in [0.2, 0.25) is 0 Å². The van der Waals surface area contributed by atoms with Gasteiger partial charge in [0.1, 0.15) is 0 Å². The van der Waals surface area contributed by atoms with Crippen LogP contribution in [0.3, 0.4) is 0 Å². The Morgan fingerprint density at radius 1 is 1.44 bits per heavy atom. The molecule has 0 spiro atoms. The van der Waals surface area contributed by atoms with E-state index in [1.807, 2.05) is 0 Å². The van der Waals surface area contributed by atoms with E-state index in [9.17, 15) is 0 Å². The Labute approximate surface area is 55.1 Å². The lowest BCUT2D eigenvalue weighted by atomic mass is 9.99. The molecule has 0 heterocycles. The summed E-state index contributed by atoms with van der Waals surface area (Å²) >= 11 is 0. The summed E-state index contributed by atoms with van der Waals surface area (Å²) in [6.45, 7) is 0. The number of nitrogens with zero attached hydrogens (tertiary/aromatic N) is 1. The smallest absolute Gasteiger partial charge is 0.0409 e. The van der Waals surface area contributed by atoms with Crippen molar-refractivity contribution in [2.45, 2.75) is 25.7 Å². The minimum Gasteiger partial charge on any atom is -0.323 e. The average Bonchev–Trinajstić information content (AvgIpc) is 2.45. The maximum Gasteiger partial charge on any atom is 0.0409 e. The van der Waals surface area contributed by atoms with Crippen molar-refractivity contribution in [1.82, 2.24) is 0 Å². The van der Waals surface area contributed by atoms with E-state index in [0.717, 1.165) is 11.8 Å². The molecule has 2 bridgehead atoms. The molecule has 2 nitrogen and oxygen atoms in total. The van der Waals surface area contributed by atoms with E-state index in [4.69, 9.17) is 5.84 Å². The van der Waals surface area contributed by atoms with Crippen LogP contribution < -0.4 is 5.84 Å². The zero-order valence-corrected chi connectivity index (χ0v) is 5.51. The second kappa shape index (κ2) is 1.72. The summed E-state index contributed by atoms with van der Waals surface area (Å²) in [5.74, 6) is 6.93. The van der Waals surface area contributed by atoms with Gasteiger partial charge < -0.3 is 5.84 Å². The second-order valence-electron chi connectivity index (χ2n) is 3.20. The molecule has 2 heteroatoms. The highest BCUT2D eigenvalue weighted by molar-refractivity contribution is 5.89. The van der Waals surface area contributed by atoms with Crippen LogP contribution in [0.4, 0.5) is 0 Å². The van der Waals surface area contributed by atoms with Gasteiger partial charge in [0, 0.05) is 5.71 Å². The molecule has 2 unspecified atom stereocenters. The maximum atomic E-state index is 5.21. The third-order valence-corrected chi connectivity index (χ3v) is 2.68. The molecule has 9 heavy (non-hydrogen) atoms. The first-order valence-electron chi connectivity index (χ1n) is 3.67. The largest absolute Gasteiger partial charge is 0.323 e. The van der Waals surface area contributed by atoms with Crippen LogP contribution in [-0.4, -0.2) is 5.71 Å². The van der Waals surface area contributed by atoms with Gasteiger partial charge in [0.15, 0.2) is 0 Å². The molecule has 0 aliphatic heterocycles. The number of hydrazone groups is 1. The quantitative estimate of drug-likeness (QED) is 0.381. The molecule has 2 rings (SSSR count). The molecule has 0 saturated heterocycles. The van der Waals surface area contributed by atoms with Crippen molar-refractivity contribution in [2.75, 3.05) is 0 Å². The predicted octanol–water partition coefficient (Wildman–Crippen LogP) is 1.12. The molecule has 0 aromatic rings. The fourth-order valence-corrected chi connectivity index (χ4v) is 2.18. The number of rotatable bonds is 0. The van der Waals surface area contributed by atoms with Crippen molar-refractivity contribution in [3.63, 3.8) is 0 Å². The van der Waals surface area contributed by atoms with Gasteiger partial charge in [-0.05, 0) is 37.5 Å². The molecule has 2 atom stereocenters. The minimum atomic E-state index is 0.778. The van der Waals surface area contributed by atoms with Gasteiger partial charge in [0.25, 0.3) is 0 Å². The monoisotopic (exact) mass is 124 g/mol. The van der Waals surface area contributed by atoms with E-state index in [0.29, 0.717) is 0 Å². The predicted molar refractivity (Wildman–Crippen MR) is 37.1 cm³/mol. The molecule has 2 aliphatic rings. The van der Waals surface area contributed by atoms with Crippen molar-refractivity contribution >= 4 is 5.71 Å². The molecule has 0 amide bonds. The minimum absolute atomic E-state index is 0.778. The van der Waals surface area contributed by atoms with Gasteiger partial charge in [-0.15, -0.1) is 0 Å². The van der Waals surface area contributed by atoms with Gasteiger partial charge in [-0.3, -0.25) is 0 Å². The first-order chi connectivity index (χ1) is 4.40. The van der Waals surface area contributed by atoms with Crippen molar-refractivity contribution in [3.05, 3.63) is 0 Å². The van der Waals surface area contributed by atoms with E-state index < -0.39 is 0 Å². The van der Waals surface area contributed by atoms with E-state index >= 15 is 0 Å². The van der Waals surface area contributed by atoms with E-state index in [1.54, 1.807) is 0 Å². The number of hydrogen-bond acceptors (Lipinski definition) is 2. The number of hydrogen-bond donors (Lipinski definition) is 1. The highest BCUT2D eigenvalue weighted by Gasteiger charge is 2.36. The molecule has 2 saturated carbocycles. The van der Waals surface area contributed by atoms with Gasteiger partial charge in [-0.2, -0.15) is 5.10 Å². The van der Waals surface area contributed by atoms with Crippen LogP contribution in [0.5, 0.6) is 0 Å². The van der Waals surface area contributed by atoms with Gasteiger partial charge >= 0.3 is 0 Å². The lowest BCUT2D eigenvalue weighted by Gasteiger charge is -2.09. The fourth-order valence-electron chi connectivity index (χ4n) is 2.18. The van der Waals surface area contributed by atoms with Crippen molar-refractivity contribution in [2.24, 2.45) is 22.8 Å². The van der Waals surface area contributed by atoms with Gasteiger partial charge in [-0.1, -0.05) is 0 Å². The number of fused-ring (bicyclic) bond motifs is 2. The summed E-state index contributed by atoms with van der Waals surface area (Å²) in [5.41, 5.74) is 1.28. The maximum absolute atomic E-state index is 5.21. The molecule has 2 fully saturated rings. The van der Waals surface area contributed by atoms with Gasteiger partial charge in [0.2, 0.25) is 0 Å². The Kier molecular flexibility index (Phi) is 1.01. The first kappa shape index (κ1) is 5.27. The Morgan fingerprint density at radius 3 is 2.67 bits per heavy atom. The molecule has 2 aliphatic carbocycles. The average molecular weight is 124 g/mol. The van der Waals surface area contributed by atoms with Gasteiger partial charge in [0.05, 0.1) is 0 Å². The zero-order valence-electron chi connectivity index (χ0n) is 5.51. The van der Waals surface area contributed by atoms with E-state index in [1.165, 1.54) is 31.4 Å². The fraction of sp³-hybridized carbons (Fsp3) is 0.857. The lowest BCUT2D eigenvalue weighted by Crippen LogP contribution is -2.10. The van der Waals surface area contributed by atoms with Crippen LogP contribution in [0.1, 0.15) is 25.7 Å². The summed E-state index contributed by atoms with van der Waals surface area (Å²) in [5, 5.41) is 3.79. The summed E-state index contributed by atoms with van der Waals surface area (Å²) in [6.07, 6.45) is 5.33. The molecule has 0 aromatic carbocycles. The molecule has 2 N–H and O–H groups in total. The Hall–Kier alpha value is -0.530. The summed E-state index contributed by atoms with van der Waals surface area (Å²) in [4.78, 5) is 0. The van der Waals surface area contributed by atoms with Crippen LogP contribution in [0.25, 0.3) is 0 Å². The Bertz CT molecular complexity index is 151. The molecule has 50 valence electrons. The van der Waals surface area contributed by atoms with Crippen molar-refractivity contribution in [3.8, 4) is 0 Å². The summed E-state index contributed by atoms with van der Waals surface area (Å²) in [7, 11) is 0. The highest BCUT2D eigenvalue weighted by Crippen LogP contribution is 2.42. The standard InChI is InChI=1S/C7H12N2/c8-9-7-4-5-1-2-6(7)3-5/h5-6H,1-4,8H2. The SMILES string of the molecule is NN=C1CC2CCC1C2. The number of nitrogens with two attached hydrogens (primary N) is 1. The normalized spacial score (nSPS) is 44.7. The topological polar surface area (TPSA) is 38.4 Å². The van der Waals surface area contributed by atoms with Crippen molar-refractivity contribution in [1.29, 1.82) is 0 Å². The van der Waals surface area contributed by atoms with Crippen LogP contribution >= 0.6 is 0 Å². The van der Waals surface area contributed by atoms with Crippen LogP contribution in [-0.2, 0) is 0 Å². The molecular weight excluding hydrogens is 112 g/mol. The highest BCUT2D eigenvalue weighted by atomic mass is 15.1.